The van der Waals surface area contributed by atoms with Crippen molar-refractivity contribution in [3.8, 4) is 0 Å². The molecule has 0 saturated carbocycles. The predicted octanol–water partition coefficient (Wildman–Crippen LogP) is -0.186. The van der Waals surface area contributed by atoms with Crippen molar-refractivity contribution in [3.05, 3.63) is 0 Å². The monoisotopic (exact) mass is 126 g/mol. The van der Waals surface area contributed by atoms with Gasteiger partial charge >= 0.3 is 0 Å². The van der Waals surface area contributed by atoms with Crippen molar-refractivity contribution in [2.45, 2.75) is 13.0 Å². The summed E-state index contributed by atoms with van der Waals surface area (Å²) in [4.78, 5) is 0. The van der Waals surface area contributed by atoms with Crippen LogP contribution >= 0.6 is 0 Å². The van der Waals surface area contributed by atoms with E-state index in [0.29, 0.717) is 0 Å². The highest BCUT2D eigenvalue weighted by molar-refractivity contribution is 4.94. The Kier molecular flexibility index (Phi) is 1.24. The van der Waals surface area contributed by atoms with E-state index in [-0.39, 0.29) is 0 Å². The minimum Gasteiger partial charge on any atom is -0.316 e. The molecule has 0 amide bonds. The minimum absolute atomic E-state index is 0.755. The summed E-state index contributed by atoms with van der Waals surface area (Å²) in [6.45, 7) is 6.00. The number of nitrogens with one attached hydrogen (secondary N) is 2. The van der Waals surface area contributed by atoms with Crippen molar-refractivity contribution in [1.82, 2.24) is 10.6 Å². The van der Waals surface area contributed by atoms with Crippen LogP contribution in [0.2, 0.25) is 0 Å². The topological polar surface area (TPSA) is 24.1 Å². The van der Waals surface area contributed by atoms with Gasteiger partial charge in [0.15, 0.2) is 0 Å². The Balaban J connectivity index is 2.07. The molecule has 0 aromatic rings. The molecule has 2 aliphatic rings. The zero-order chi connectivity index (χ0) is 6.27. The van der Waals surface area contributed by atoms with E-state index in [2.05, 4.69) is 17.6 Å². The van der Waals surface area contributed by atoms with Gasteiger partial charge in [0.1, 0.15) is 0 Å². The Morgan fingerprint density at radius 1 is 1.22 bits per heavy atom. The number of hydrogen-bond acceptors (Lipinski definition) is 2. The van der Waals surface area contributed by atoms with Gasteiger partial charge in [0.2, 0.25) is 0 Å². The molecular formula is C7H14N2. The van der Waals surface area contributed by atoms with Crippen LogP contribution in [0.15, 0.2) is 0 Å². The highest BCUT2D eigenvalue weighted by atomic mass is 15.0. The van der Waals surface area contributed by atoms with Crippen molar-refractivity contribution < 1.29 is 0 Å². The number of rotatable bonds is 0. The first-order chi connectivity index (χ1) is 4.38. The molecule has 2 N–H and O–H groups in total. The zero-order valence-electron chi connectivity index (χ0n) is 5.85. The first kappa shape index (κ1) is 5.69. The molecule has 2 nitrogen and oxygen atoms in total. The van der Waals surface area contributed by atoms with Gasteiger partial charge in [0.05, 0.1) is 0 Å². The third kappa shape index (κ3) is 0.775. The van der Waals surface area contributed by atoms with E-state index in [1.807, 2.05) is 0 Å². The molecule has 0 aromatic carbocycles. The van der Waals surface area contributed by atoms with Gasteiger partial charge in [-0.2, -0.15) is 0 Å². The molecule has 2 heterocycles. The summed E-state index contributed by atoms with van der Waals surface area (Å²) in [7, 11) is 0. The van der Waals surface area contributed by atoms with Crippen molar-refractivity contribution in [1.29, 1.82) is 0 Å². The van der Waals surface area contributed by atoms with Crippen molar-refractivity contribution in [2.75, 3.05) is 19.6 Å². The molecular weight excluding hydrogens is 112 g/mol. The Labute approximate surface area is 56.0 Å². The van der Waals surface area contributed by atoms with Gasteiger partial charge in [-0.15, -0.1) is 0 Å². The van der Waals surface area contributed by atoms with Gasteiger partial charge in [-0.25, -0.2) is 0 Å². The van der Waals surface area contributed by atoms with Crippen LogP contribution in [0.5, 0.6) is 0 Å². The van der Waals surface area contributed by atoms with Gasteiger partial charge in [-0.1, -0.05) is 0 Å². The largest absolute Gasteiger partial charge is 0.316 e. The second kappa shape index (κ2) is 1.96. The third-order valence-corrected chi connectivity index (χ3v) is 2.74. The van der Waals surface area contributed by atoms with E-state index >= 15 is 0 Å². The van der Waals surface area contributed by atoms with E-state index in [4.69, 9.17) is 0 Å². The van der Waals surface area contributed by atoms with Crippen molar-refractivity contribution >= 4 is 0 Å². The maximum Gasteiger partial charge on any atom is 0.00828 e. The fourth-order valence-corrected chi connectivity index (χ4v) is 2.05. The molecule has 2 heteroatoms. The van der Waals surface area contributed by atoms with Gasteiger partial charge in [0, 0.05) is 6.04 Å². The van der Waals surface area contributed by atoms with Gasteiger partial charge in [-0.3, -0.25) is 0 Å². The number of hydrogen-bond donors (Lipinski definition) is 2. The Morgan fingerprint density at radius 3 is 2.89 bits per heavy atom. The normalized spacial score (nSPS) is 49.7. The molecule has 2 saturated heterocycles. The highest BCUT2D eigenvalue weighted by Crippen LogP contribution is 2.24. The highest BCUT2D eigenvalue weighted by Gasteiger charge is 2.35. The molecule has 0 spiro atoms. The Morgan fingerprint density at radius 2 is 2.11 bits per heavy atom. The lowest BCUT2D eigenvalue weighted by atomic mass is 9.95. The van der Waals surface area contributed by atoms with Crippen LogP contribution in [0, 0.1) is 11.8 Å². The lowest BCUT2D eigenvalue weighted by molar-refractivity contribution is 0.462. The summed E-state index contributed by atoms with van der Waals surface area (Å²) in [6, 6.07) is 0.755. The molecule has 52 valence electrons. The summed E-state index contributed by atoms with van der Waals surface area (Å²) >= 11 is 0. The van der Waals surface area contributed by atoms with Crippen molar-refractivity contribution in [2.24, 2.45) is 11.8 Å². The van der Waals surface area contributed by atoms with Crippen LogP contribution in [0.25, 0.3) is 0 Å². The molecule has 0 aliphatic carbocycles. The second-order valence-corrected chi connectivity index (χ2v) is 3.28. The predicted molar refractivity (Wildman–Crippen MR) is 37.3 cm³/mol. The fraction of sp³-hybridized carbons (Fsp3) is 1.00. The average Bonchev–Trinajstić information content (AvgIpc) is 2.35. The summed E-state index contributed by atoms with van der Waals surface area (Å²) in [6.07, 6.45) is 0. The van der Waals surface area contributed by atoms with E-state index in [1.165, 1.54) is 19.6 Å². The lowest BCUT2D eigenvalue weighted by Crippen LogP contribution is -2.27. The zero-order valence-corrected chi connectivity index (χ0v) is 5.85. The maximum absolute atomic E-state index is 3.48. The molecule has 2 rings (SSSR count). The molecule has 2 aliphatic heterocycles. The van der Waals surface area contributed by atoms with E-state index in [1.54, 1.807) is 0 Å². The first-order valence-electron chi connectivity index (χ1n) is 3.82. The molecule has 3 atom stereocenters. The lowest BCUT2D eigenvalue weighted by Gasteiger charge is -2.10. The maximum atomic E-state index is 3.48. The molecule has 0 radical (unpaired) electrons. The van der Waals surface area contributed by atoms with Gasteiger partial charge < -0.3 is 10.6 Å². The van der Waals surface area contributed by atoms with E-state index in [0.717, 1.165) is 17.9 Å². The van der Waals surface area contributed by atoms with Gasteiger partial charge in [-0.05, 0) is 38.4 Å². The second-order valence-electron chi connectivity index (χ2n) is 3.28. The quantitative estimate of drug-likeness (QED) is 0.470. The summed E-state index contributed by atoms with van der Waals surface area (Å²) in [5.41, 5.74) is 0. The van der Waals surface area contributed by atoms with Crippen LogP contribution in [0.3, 0.4) is 0 Å². The Hall–Kier alpha value is -0.0800. The first-order valence-corrected chi connectivity index (χ1v) is 3.82. The van der Waals surface area contributed by atoms with E-state index in [9.17, 15) is 0 Å². The number of fused-ring (bicyclic) bond motifs is 1. The molecule has 0 bridgehead atoms. The minimum atomic E-state index is 0.755. The summed E-state index contributed by atoms with van der Waals surface area (Å²) in [5, 5.41) is 6.90. The van der Waals surface area contributed by atoms with Crippen LogP contribution in [-0.2, 0) is 0 Å². The van der Waals surface area contributed by atoms with E-state index < -0.39 is 0 Å². The smallest absolute Gasteiger partial charge is 0.00828 e. The SMILES string of the molecule is C[C@@H]1NC[C@H]2CNC[C@H]21. The van der Waals surface area contributed by atoms with Crippen molar-refractivity contribution in [3.63, 3.8) is 0 Å². The van der Waals surface area contributed by atoms with Crippen LogP contribution in [-0.4, -0.2) is 25.7 Å². The summed E-state index contributed by atoms with van der Waals surface area (Å²) in [5.74, 6) is 1.85. The molecule has 9 heavy (non-hydrogen) atoms. The molecule has 0 aromatic heterocycles. The summed E-state index contributed by atoms with van der Waals surface area (Å²) < 4.78 is 0. The van der Waals surface area contributed by atoms with Crippen LogP contribution < -0.4 is 10.6 Å². The van der Waals surface area contributed by atoms with Gasteiger partial charge in [0.25, 0.3) is 0 Å². The standard InChI is InChI=1S/C7H14N2/c1-5-7-4-8-2-6(7)3-9-5/h5-9H,2-4H2,1H3/t5-,6+,7-/m0/s1. The molecule has 2 fully saturated rings. The third-order valence-electron chi connectivity index (χ3n) is 2.74. The average molecular weight is 126 g/mol. The fourth-order valence-electron chi connectivity index (χ4n) is 2.05. The Bertz CT molecular complexity index is 113. The molecule has 0 unspecified atom stereocenters. The van der Waals surface area contributed by atoms with Crippen LogP contribution in [0.1, 0.15) is 6.92 Å². The van der Waals surface area contributed by atoms with Crippen LogP contribution in [0.4, 0.5) is 0 Å².